The monoisotopic (exact) mass is 297 g/mol. The number of allylic oxidation sites excluding steroid dienone is 3. The van der Waals surface area contributed by atoms with Gasteiger partial charge in [-0.15, -0.1) is 11.3 Å². The zero-order chi connectivity index (χ0) is 19.2. The minimum atomic E-state index is -2.55. The Morgan fingerprint density at radius 2 is 2.29 bits per heavy atom. The van der Waals surface area contributed by atoms with Crippen molar-refractivity contribution in [2.24, 2.45) is 0 Å². The molecule has 3 heteroatoms. The summed E-state index contributed by atoms with van der Waals surface area (Å²) in [6.45, 7) is 2.84. The lowest BCUT2D eigenvalue weighted by molar-refractivity contribution is 1.40. The van der Waals surface area contributed by atoms with Gasteiger partial charge in [-0.05, 0) is 37.5 Å². The highest BCUT2D eigenvalue weighted by atomic mass is 32.1. The largest absolute Gasteiger partial charge is 0.300 e. The van der Waals surface area contributed by atoms with E-state index in [1.807, 2.05) is 19.1 Å². The smallest absolute Gasteiger partial charge is 0.124 e. The zero-order valence-electron chi connectivity index (χ0n) is 16.4. The molecule has 0 amide bonds. The number of hydrogen-bond donors (Lipinski definition) is 1. The van der Waals surface area contributed by atoms with Gasteiger partial charge in [0.05, 0.1) is 8.45 Å². The van der Waals surface area contributed by atoms with Gasteiger partial charge >= 0.3 is 0 Å². The van der Waals surface area contributed by atoms with Gasteiger partial charge in [0.1, 0.15) is 4.83 Å². The summed E-state index contributed by atoms with van der Waals surface area (Å²) in [5, 5.41) is 10.3. The normalized spacial score (nSPS) is 16.5. The highest BCUT2D eigenvalue weighted by molar-refractivity contribution is 7.25. The number of fused-ring (bicyclic) bond motifs is 3. The summed E-state index contributed by atoms with van der Waals surface area (Å²) in [4.78, 5) is 5.29. The van der Waals surface area contributed by atoms with Crippen LogP contribution in [0.25, 0.3) is 20.3 Å². The fourth-order valence-corrected chi connectivity index (χ4v) is 3.38. The third-order valence-electron chi connectivity index (χ3n) is 3.21. The van der Waals surface area contributed by atoms with Crippen molar-refractivity contribution in [3.05, 3.63) is 65.8 Å². The first-order valence-electron chi connectivity index (χ1n) is 8.85. The molecule has 0 unspecified atom stereocenters. The summed E-state index contributed by atoms with van der Waals surface area (Å²) in [6, 6.07) is 6.32. The van der Waals surface area contributed by atoms with Crippen molar-refractivity contribution in [2.75, 3.05) is 0 Å². The molecule has 0 saturated heterocycles. The maximum Gasteiger partial charge on any atom is 0.124 e. The third kappa shape index (κ3) is 2.52. The van der Waals surface area contributed by atoms with Crippen LogP contribution in [0.3, 0.4) is 0 Å². The Morgan fingerprint density at radius 3 is 3.10 bits per heavy atom. The summed E-state index contributed by atoms with van der Waals surface area (Å²) in [6.07, 6.45) is 1.76. The molecule has 0 fully saturated rings. The minimum absolute atomic E-state index is 0.204. The first kappa shape index (κ1) is 8.90. The minimum Gasteiger partial charge on any atom is -0.300 e. The fourth-order valence-electron chi connectivity index (χ4n) is 2.22. The molecule has 1 aromatic carbocycles. The van der Waals surface area contributed by atoms with Crippen LogP contribution in [0.2, 0.25) is 0 Å². The van der Waals surface area contributed by atoms with E-state index in [1.54, 1.807) is 18.3 Å². The number of pyridine rings is 1. The molecule has 0 aliphatic heterocycles. The van der Waals surface area contributed by atoms with Crippen molar-refractivity contribution in [1.29, 1.82) is 5.41 Å². The molecule has 0 radical (unpaired) electrons. The molecule has 3 rings (SSSR count). The van der Waals surface area contributed by atoms with Gasteiger partial charge in [-0.2, -0.15) is 0 Å². The van der Waals surface area contributed by atoms with E-state index in [4.69, 9.17) is 12.3 Å². The molecule has 0 aliphatic rings. The Bertz CT molecular complexity index is 1090. The number of aromatic nitrogens is 1. The second kappa shape index (κ2) is 5.26. The van der Waals surface area contributed by atoms with Gasteiger partial charge in [0, 0.05) is 31.3 Å². The van der Waals surface area contributed by atoms with Crippen LogP contribution in [-0.4, -0.2) is 10.7 Å². The Labute approximate surface area is 135 Å². The van der Waals surface area contributed by atoms with E-state index in [0.717, 1.165) is 25.9 Å². The van der Waals surface area contributed by atoms with Crippen LogP contribution in [-0.2, 0) is 0 Å². The lowest BCUT2D eigenvalue weighted by atomic mass is 10.1. The Balaban J connectivity index is 2.08. The fraction of sp³-hybridized carbons (Fsp3) is 0.111. The average Bonchev–Trinajstić information content (AvgIpc) is 2.97. The van der Waals surface area contributed by atoms with Crippen LogP contribution >= 0.6 is 11.3 Å². The third-order valence-corrected chi connectivity index (χ3v) is 4.27. The van der Waals surface area contributed by atoms with Crippen molar-refractivity contribution in [1.82, 2.24) is 4.98 Å². The first-order valence-corrected chi connectivity index (χ1v) is 7.17. The molecule has 1 N–H and O–H groups in total. The Kier molecular flexibility index (Phi) is 2.23. The lowest BCUT2D eigenvalue weighted by Crippen LogP contribution is -1.93. The Morgan fingerprint density at radius 1 is 1.43 bits per heavy atom. The molecule has 0 atom stereocenters. The van der Waals surface area contributed by atoms with Gasteiger partial charge < -0.3 is 5.41 Å². The Hall–Kier alpha value is -2.26. The van der Waals surface area contributed by atoms with Crippen LogP contribution < -0.4 is 0 Å². The summed E-state index contributed by atoms with van der Waals surface area (Å²) in [5.41, 5.74) is 0.932. The van der Waals surface area contributed by atoms with Gasteiger partial charge in [0.25, 0.3) is 0 Å². The molecule has 3 aromatic rings. The molecule has 104 valence electrons. The number of nitrogens with zero attached hydrogens (tertiary/aromatic N) is 1. The van der Waals surface area contributed by atoms with Crippen molar-refractivity contribution < 1.29 is 6.85 Å². The number of hydrogen-bond acceptors (Lipinski definition) is 3. The lowest BCUT2D eigenvalue weighted by Gasteiger charge is -2.00. The van der Waals surface area contributed by atoms with E-state index >= 15 is 0 Å². The number of nitrogens with one attached hydrogen (secondary N) is 1. The molecule has 2 heterocycles. The molecule has 0 saturated carbocycles. The molecule has 2 nitrogen and oxygen atoms in total. The predicted octanol–water partition coefficient (Wildman–Crippen LogP) is 5.26. The van der Waals surface area contributed by atoms with Gasteiger partial charge in [-0.25, -0.2) is 4.98 Å². The number of aryl methyl sites for hydroxylation is 1. The van der Waals surface area contributed by atoms with Crippen LogP contribution in [0, 0.1) is 12.3 Å². The van der Waals surface area contributed by atoms with E-state index in [1.165, 1.54) is 11.3 Å². The summed E-state index contributed by atoms with van der Waals surface area (Å²) >= 11 is 1.50. The van der Waals surface area contributed by atoms with Gasteiger partial charge in [0.2, 0.25) is 0 Å². The summed E-state index contributed by atoms with van der Waals surface area (Å²) in [7, 11) is 0. The van der Waals surface area contributed by atoms with Crippen molar-refractivity contribution in [2.45, 2.75) is 13.8 Å². The summed E-state index contributed by atoms with van der Waals surface area (Å²) in [5.74, 6) is 0. The maximum atomic E-state index is 8.21. The molecule has 0 spiro atoms. The average molecular weight is 297 g/mol. The van der Waals surface area contributed by atoms with E-state index < -0.39 is 24.5 Å². The van der Waals surface area contributed by atoms with E-state index in [-0.39, 0.29) is 5.71 Å². The SMILES string of the molecule is [2H]/C(C(=C)C([2H])([2H])[2H])=C(\[2H])C(=N)c1ccc2c(c1)sc1nccc(C)c12. The van der Waals surface area contributed by atoms with Crippen LogP contribution in [0.15, 0.2) is 54.7 Å². The number of benzene rings is 1. The molecule has 0 aliphatic carbocycles. The molecule has 2 aromatic heterocycles. The van der Waals surface area contributed by atoms with Gasteiger partial charge in [0.15, 0.2) is 0 Å². The van der Waals surface area contributed by atoms with Crippen LogP contribution in [0.1, 0.15) is 24.8 Å². The van der Waals surface area contributed by atoms with Crippen molar-refractivity contribution in [3.8, 4) is 0 Å². The van der Waals surface area contributed by atoms with E-state index in [2.05, 4.69) is 11.6 Å². The van der Waals surface area contributed by atoms with Crippen LogP contribution in [0.5, 0.6) is 0 Å². The summed E-state index contributed by atoms with van der Waals surface area (Å²) < 4.78 is 38.8. The predicted molar refractivity (Wildman–Crippen MR) is 92.6 cm³/mol. The molecular weight excluding hydrogens is 276 g/mol. The maximum absolute atomic E-state index is 8.21. The van der Waals surface area contributed by atoms with Crippen molar-refractivity contribution in [3.63, 3.8) is 0 Å². The quantitative estimate of drug-likeness (QED) is 0.519. The second-order valence-electron chi connectivity index (χ2n) is 4.72. The molecular formula is C18H16N2S. The van der Waals surface area contributed by atoms with Crippen molar-refractivity contribution >= 4 is 37.4 Å². The second-order valence-corrected chi connectivity index (χ2v) is 5.76. The van der Waals surface area contributed by atoms with Gasteiger partial charge in [-0.1, -0.05) is 30.3 Å². The molecule has 0 bridgehead atoms. The zero-order valence-corrected chi connectivity index (χ0v) is 12.3. The van der Waals surface area contributed by atoms with Gasteiger partial charge in [-0.3, -0.25) is 0 Å². The number of thiophene rings is 1. The topological polar surface area (TPSA) is 36.7 Å². The van der Waals surface area contributed by atoms with E-state index in [0.29, 0.717) is 5.56 Å². The van der Waals surface area contributed by atoms with Crippen LogP contribution in [0.4, 0.5) is 0 Å². The standard InChI is InChI=1S/C18H16N2S/c1-11(2)4-7-15(19)13-5-6-14-16(10-13)21-18-17(14)12(3)8-9-20-18/h4-10,19H,1H2,2-3H3/b7-4-,19-15?/i2D3,4D,7D. The highest BCUT2D eigenvalue weighted by Crippen LogP contribution is 2.34. The molecule has 21 heavy (non-hydrogen) atoms. The highest BCUT2D eigenvalue weighted by Gasteiger charge is 2.09. The van der Waals surface area contributed by atoms with E-state index in [9.17, 15) is 0 Å². The first-order chi connectivity index (χ1) is 12.1. The number of rotatable bonds is 3.